The van der Waals surface area contributed by atoms with Crippen molar-refractivity contribution in [2.75, 3.05) is 13.9 Å². The Morgan fingerprint density at radius 3 is 2.92 bits per heavy atom. The number of hydrogen-bond acceptors (Lipinski definition) is 5. The summed E-state index contributed by atoms with van der Waals surface area (Å²) in [4.78, 5) is 12.3. The minimum atomic E-state index is -0.337. The number of phenolic OH excluding ortho intramolecular Hbond substituents is 1. The first-order chi connectivity index (χ1) is 11.6. The summed E-state index contributed by atoms with van der Waals surface area (Å²) in [5.41, 5.74) is 1.70. The molecule has 124 valence electrons. The van der Waals surface area contributed by atoms with Gasteiger partial charge < -0.3 is 19.3 Å². The number of carbonyl (C=O) groups is 1. The average Bonchev–Trinajstić information content (AvgIpc) is 2.59. The molecule has 1 heterocycles. The van der Waals surface area contributed by atoms with E-state index in [1.807, 2.05) is 0 Å². The summed E-state index contributed by atoms with van der Waals surface area (Å²) >= 11 is 6.09. The van der Waals surface area contributed by atoms with E-state index in [0.717, 1.165) is 5.56 Å². The zero-order chi connectivity index (χ0) is 17.1. The number of allylic oxidation sites excluding steroid dienone is 1. The second kappa shape index (κ2) is 6.95. The molecule has 0 aromatic heterocycles. The summed E-state index contributed by atoms with van der Waals surface area (Å²) in [7, 11) is 1.49. The van der Waals surface area contributed by atoms with Crippen molar-refractivity contribution >= 4 is 23.5 Å². The van der Waals surface area contributed by atoms with Crippen LogP contribution >= 0.6 is 11.6 Å². The van der Waals surface area contributed by atoms with E-state index in [9.17, 15) is 9.90 Å². The summed E-state index contributed by atoms with van der Waals surface area (Å²) in [6, 6.07) is 8.00. The standard InChI is InChI=1S/C18H15ClO5/c1-22-14-3-4-15(17(21)8-14)16(20)5-2-11-6-13(19)7-12-9-23-10-24-18(11)12/h2-8,21H,9-10H2,1H3/b5-2+. The monoisotopic (exact) mass is 346 g/mol. The van der Waals surface area contributed by atoms with Crippen LogP contribution in [-0.4, -0.2) is 24.8 Å². The molecular formula is C18H15ClO5. The van der Waals surface area contributed by atoms with E-state index in [4.69, 9.17) is 25.8 Å². The predicted octanol–water partition coefficient (Wildman–Crippen LogP) is 3.82. The van der Waals surface area contributed by atoms with Gasteiger partial charge in [0.1, 0.15) is 17.2 Å². The molecule has 1 N–H and O–H groups in total. The summed E-state index contributed by atoms with van der Waals surface area (Å²) in [5, 5.41) is 10.5. The summed E-state index contributed by atoms with van der Waals surface area (Å²) in [6.45, 7) is 0.562. The van der Waals surface area contributed by atoms with Gasteiger partial charge in [0.25, 0.3) is 0 Å². The molecule has 0 bridgehead atoms. The van der Waals surface area contributed by atoms with Gasteiger partial charge in [0.2, 0.25) is 0 Å². The fourth-order valence-corrected chi connectivity index (χ4v) is 2.68. The molecule has 0 amide bonds. The average molecular weight is 347 g/mol. The normalized spacial score (nSPS) is 13.4. The number of ketones is 1. The van der Waals surface area contributed by atoms with Crippen LogP contribution in [0.15, 0.2) is 36.4 Å². The maximum atomic E-state index is 12.3. The van der Waals surface area contributed by atoms with Crippen molar-refractivity contribution in [2.45, 2.75) is 6.61 Å². The molecule has 0 fully saturated rings. The number of carbonyl (C=O) groups excluding carboxylic acids is 1. The highest BCUT2D eigenvalue weighted by atomic mass is 35.5. The molecular weight excluding hydrogens is 332 g/mol. The fourth-order valence-electron chi connectivity index (χ4n) is 2.43. The van der Waals surface area contributed by atoms with Gasteiger partial charge >= 0.3 is 0 Å². The number of halogens is 1. The van der Waals surface area contributed by atoms with E-state index in [1.165, 1.54) is 25.3 Å². The van der Waals surface area contributed by atoms with Crippen LogP contribution < -0.4 is 9.47 Å². The van der Waals surface area contributed by atoms with Crippen LogP contribution in [0.25, 0.3) is 6.08 Å². The Balaban J connectivity index is 1.88. The van der Waals surface area contributed by atoms with Gasteiger partial charge in [-0.25, -0.2) is 0 Å². The molecule has 6 heteroatoms. The lowest BCUT2D eigenvalue weighted by atomic mass is 10.1. The van der Waals surface area contributed by atoms with Crippen LogP contribution in [0, 0.1) is 0 Å². The lowest BCUT2D eigenvalue weighted by molar-refractivity contribution is -0.0165. The number of ether oxygens (including phenoxy) is 3. The lowest BCUT2D eigenvalue weighted by Gasteiger charge is -2.19. The molecule has 0 radical (unpaired) electrons. The minimum Gasteiger partial charge on any atom is -0.507 e. The first-order valence-corrected chi connectivity index (χ1v) is 7.58. The first-order valence-electron chi connectivity index (χ1n) is 7.21. The SMILES string of the molecule is COc1ccc(C(=O)/C=C/c2cc(Cl)cc3c2OCOC3)c(O)c1. The number of rotatable bonds is 4. The second-order valence-electron chi connectivity index (χ2n) is 5.17. The molecule has 2 aromatic rings. The first kappa shape index (κ1) is 16.4. The van der Waals surface area contributed by atoms with E-state index < -0.39 is 0 Å². The van der Waals surface area contributed by atoms with Crippen molar-refractivity contribution in [1.82, 2.24) is 0 Å². The molecule has 0 saturated heterocycles. The van der Waals surface area contributed by atoms with Gasteiger partial charge in [-0.2, -0.15) is 0 Å². The maximum absolute atomic E-state index is 12.3. The van der Waals surface area contributed by atoms with E-state index in [-0.39, 0.29) is 23.9 Å². The van der Waals surface area contributed by atoms with Crippen LogP contribution in [0.3, 0.4) is 0 Å². The summed E-state index contributed by atoms with van der Waals surface area (Å²) < 4.78 is 15.7. The number of benzene rings is 2. The molecule has 0 spiro atoms. The third-order valence-electron chi connectivity index (χ3n) is 3.59. The van der Waals surface area contributed by atoms with E-state index in [0.29, 0.717) is 28.7 Å². The summed E-state index contributed by atoms with van der Waals surface area (Å²) in [6.07, 6.45) is 2.98. The molecule has 0 aliphatic carbocycles. The minimum absolute atomic E-state index is 0.137. The Labute approximate surface area is 144 Å². The second-order valence-corrected chi connectivity index (χ2v) is 5.61. The van der Waals surface area contributed by atoms with E-state index in [2.05, 4.69) is 0 Å². The van der Waals surface area contributed by atoms with E-state index in [1.54, 1.807) is 24.3 Å². The van der Waals surface area contributed by atoms with Crippen LogP contribution in [0.4, 0.5) is 0 Å². The van der Waals surface area contributed by atoms with Crippen molar-refractivity contribution in [3.8, 4) is 17.2 Å². The smallest absolute Gasteiger partial charge is 0.189 e. The van der Waals surface area contributed by atoms with Crippen molar-refractivity contribution < 1.29 is 24.1 Å². The fraction of sp³-hybridized carbons (Fsp3) is 0.167. The maximum Gasteiger partial charge on any atom is 0.189 e. The van der Waals surface area contributed by atoms with Crippen molar-refractivity contribution in [1.29, 1.82) is 0 Å². The molecule has 24 heavy (non-hydrogen) atoms. The third-order valence-corrected chi connectivity index (χ3v) is 3.81. The largest absolute Gasteiger partial charge is 0.507 e. The quantitative estimate of drug-likeness (QED) is 0.673. The molecule has 5 nitrogen and oxygen atoms in total. The molecule has 3 rings (SSSR count). The van der Waals surface area contributed by atoms with Crippen molar-refractivity contribution in [3.63, 3.8) is 0 Å². The van der Waals surface area contributed by atoms with Gasteiger partial charge in [0.05, 0.1) is 19.3 Å². The molecule has 1 aliphatic heterocycles. The van der Waals surface area contributed by atoms with Crippen molar-refractivity contribution in [3.05, 3.63) is 58.1 Å². The van der Waals surface area contributed by atoms with Gasteiger partial charge in [0, 0.05) is 22.2 Å². The van der Waals surface area contributed by atoms with Gasteiger partial charge in [0.15, 0.2) is 12.6 Å². The molecule has 2 aromatic carbocycles. The van der Waals surface area contributed by atoms with Gasteiger partial charge in [-0.15, -0.1) is 0 Å². The highest BCUT2D eigenvalue weighted by Gasteiger charge is 2.16. The zero-order valence-corrected chi connectivity index (χ0v) is 13.7. The van der Waals surface area contributed by atoms with Crippen LogP contribution in [0.2, 0.25) is 5.02 Å². The van der Waals surface area contributed by atoms with Gasteiger partial charge in [-0.1, -0.05) is 11.6 Å². The number of fused-ring (bicyclic) bond motifs is 1. The third kappa shape index (κ3) is 3.37. The Bertz CT molecular complexity index is 813. The highest BCUT2D eigenvalue weighted by Crippen LogP contribution is 2.32. The number of hydrogen-bond donors (Lipinski definition) is 1. The lowest BCUT2D eigenvalue weighted by Crippen LogP contribution is -2.12. The number of aromatic hydroxyl groups is 1. The number of methoxy groups -OCH3 is 1. The van der Waals surface area contributed by atoms with Gasteiger partial charge in [-0.3, -0.25) is 4.79 Å². The van der Waals surface area contributed by atoms with Gasteiger partial charge in [-0.05, 0) is 36.4 Å². The zero-order valence-electron chi connectivity index (χ0n) is 12.9. The van der Waals surface area contributed by atoms with Crippen molar-refractivity contribution in [2.24, 2.45) is 0 Å². The Morgan fingerprint density at radius 2 is 2.17 bits per heavy atom. The Hall–Kier alpha value is -2.50. The molecule has 0 atom stereocenters. The van der Waals surface area contributed by atoms with Crippen LogP contribution in [-0.2, 0) is 11.3 Å². The van der Waals surface area contributed by atoms with Crippen LogP contribution in [0.1, 0.15) is 21.5 Å². The topological polar surface area (TPSA) is 65.0 Å². The summed E-state index contributed by atoms with van der Waals surface area (Å²) in [5.74, 6) is 0.650. The predicted molar refractivity (Wildman–Crippen MR) is 89.8 cm³/mol. The molecule has 0 unspecified atom stereocenters. The molecule has 0 saturated carbocycles. The Kier molecular flexibility index (Phi) is 4.74. The number of phenols is 1. The Morgan fingerprint density at radius 1 is 1.33 bits per heavy atom. The van der Waals surface area contributed by atoms with E-state index >= 15 is 0 Å². The van der Waals surface area contributed by atoms with Crippen LogP contribution in [0.5, 0.6) is 17.2 Å². The molecule has 1 aliphatic rings. The highest BCUT2D eigenvalue weighted by molar-refractivity contribution is 6.30.